The number of pyridine rings is 1. The number of ketones is 1. The molecule has 1 aromatic rings. The zero-order valence-electron chi connectivity index (χ0n) is 11.5. The Morgan fingerprint density at radius 2 is 1.95 bits per heavy atom. The van der Waals surface area contributed by atoms with Gasteiger partial charge in [0.15, 0.2) is 5.78 Å². The largest absolute Gasteiger partial charge is 0.370 e. The zero-order valence-corrected chi connectivity index (χ0v) is 11.5. The fourth-order valence-corrected chi connectivity index (χ4v) is 3.24. The smallest absolute Gasteiger partial charge is 0.164 e. The fraction of sp³-hybridized carbons (Fsp3) is 0.625. The Bertz CT molecular complexity index is 464. The minimum Gasteiger partial charge on any atom is -0.370 e. The van der Waals surface area contributed by atoms with Crippen molar-refractivity contribution in [2.75, 3.05) is 11.9 Å². The molecule has 0 spiro atoms. The third-order valence-electron chi connectivity index (χ3n) is 4.39. The summed E-state index contributed by atoms with van der Waals surface area (Å²) in [5.41, 5.74) is 1.83. The van der Waals surface area contributed by atoms with Crippen molar-refractivity contribution in [1.29, 1.82) is 0 Å². The average Bonchev–Trinajstić information content (AvgIpc) is 2.46. The van der Waals surface area contributed by atoms with E-state index in [-0.39, 0.29) is 5.78 Å². The number of nitrogens with one attached hydrogen (secondary N) is 1. The predicted octanol–water partition coefficient (Wildman–Crippen LogP) is 3.59. The lowest BCUT2D eigenvalue weighted by atomic mass is 9.89. The maximum absolute atomic E-state index is 11.7. The number of aromatic nitrogens is 1. The van der Waals surface area contributed by atoms with E-state index in [0.29, 0.717) is 6.42 Å². The van der Waals surface area contributed by atoms with E-state index >= 15 is 0 Å². The normalized spacial score (nSPS) is 20.1. The Kier molecular flexibility index (Phi) is 3.81. The van der Waals surface area contributed by atoms with Crippen LogP contribution in [-0.2, 0) is 6.42 Å². The van der Waals surface area contributed by atoms with Crippen LogP contribution in [0.15, 0.2) is 12.1 Å². The van der Waals surface area contributed by atoms with Gasteiger partial charge in [-0.2, -0.15) is 0 Å². The van der Waals surface area contributed by atoms with Gasteiger partial charge in [-0.05, 0) is 43.7 Å². The maximum atomic E-state index is 11.7. The van der Waals surface area contributed by atoms with E-state index in [1.54, 1.807) is 0 Å². The number of aryl methyl sites for hydroxylation is 1. The Morgan fingerprint density at radius 3 is 2.79 bits per heavy atom. The van der Waals surface area contributed by atoms with Gasteiger partial charge in [0.1, 0.15) is 5.82 Å². The van der Waals surface area contributed by atoms with Crippen molar-refractivity contribution < 1.29 is 4.79 Å². The van der Waals surface area contributed by atoms with E-state index < -0.39 is 0 Å². The van der Waals surface area contributed by atoms with Crippen LogP contribution in [0.25, 0.3) is 0 Å². The molecule has 0 aliphatic heterocycles. The van der Waals surface area contributed by atoms with Crippen molar-refractivity contribution in [3.8, 4) is 0 Å². The number of hydrogen-bond acceptors (Lipinski definition) is 3. The van der Waals surface area contributed by atoms with E-state index in [0.717, 1.165) is 42.4 Å². The molecule has 2 aliphatic carbocycles. The predicted molar refractivity (Wildman–Crippen MR) is 76.6 cm³/mol. The summed E-state index contributed by atoms with van der Waals surface area (Å²) < 4.78 is 0. The molecule has 1 fully saturated rings. The molecule has 3 heteroatoms. The molecular formula is C16H22N2O. The Hall–Kier alpha value is -1.38. The number of anilines is 1. The molecule has 1 aromatic heterocycles. The minimum atomic E-state index is 0.257. The van der Waals surface area contributed by atoms with E-state index in [1.165, 1.54) is 32.1 Å². The molecule has 19 heavy (non-hydrogen) atoms. The van der Waals surface area contributed by atoms with Crippen LogP contribution in [-0.4, -0.2) is 17.3 Å². The molecule has 0 amide bonds. The Labute approximate surface area is 114 Å². The molecular weight excluding hydrogens is 236 g/mol. The second kappa shape index (κ2) is 5.72. The Balaban J connectivity index is 1.63. The monoisotopic (exact) mass is 258 g/mol. The average molecular weight is 258 g/mol. The summed E-state index contributed by atoms with van der Waals surface area (Å²) in [7, 11) is 0. The van der Waals surface area contributed by atoms with E-state index in [4.69, 9.17) is 0 Å². The van der Waals surface area contributed by atoms with Crippen LogP contribution in [0.5, 0.6) is 0 Å². The topological polar surface area (TPSA) is 42.0 Å². The van der Waals surface area contributed by atoms with Crippen LogP contribution >= 0.6 is 0 Å². The molecule has 1 N–H and O–H groups in total. The van der Waals surface area contributed by atoms with Crippen LogP contribution < -0.4 is 5.32 Å². The zero-order chi connectivity index (χ0) is 13.1. The molecule has 102 valence electrons. The van der Waals surface area contributed by atoms with E-state index in [2.05, 4.69) is 10.3 Å². The lowest BCUT2D eigenvalue weighted by molar-refractivity contribution is 0.0971. The summed E-state index contributed by atoms with van der Waals surface area (Å²) in [6.45, 7) is 1.03. The number of fused-ring (bicyclic) bond motifs is 1. The van der Waals surface area contributed by atoms with Crippen LogP contribution in [0.1, 0.15) is 61.0 Å². The van der Waals surface area contributed by atoms with Crippen molar-refractivity contribution in [2.24, 2.45) is 5.92 Å². The molecule has 0 unspecified atom stereocenters. The SMILES string of the molecule is O=C1CCCc2nc(NCC3CCCCC3)ccc21. The lowest BCUT2D eigenvalue weighted by Gasteiger charge is -2.22. The van der Waals surface area contributed by atoms with Gasteiger partial charge in [0.25, 0.3) is 0 Å². The second-order valence-corrected chi connectivity index (χ2v) is 5.85. The summed E-state index contributed by atoms with van der Waals surface area (Å²) in [6, 6.07) is 3.91. The van der Waals surface area contributed by atoms with Crippen molar-refractivity contribution in [2.45, 2.75) is 51.4 Å². The van der Waals surface area contributed by atoms with Crippen molar-refractivity contribution in [3.05, 3.63) is 23.4 Å². The van der Waals surface area contributed by atoms with E-state index in [1.807, 2.05) is 12.1 Å². The number of carbonyl (C=O) groups excluding carboxylic acids is 1. The summed E-state index contributed by atoms with van der Waals surface area (Å²) >= 11 is 0. The van der Waals surface area contributed by atoms with E-state index in [9.17, 15) is 4.79 Å². The first-order valence-corrected chi connectivity index (χ1v) is 7.60. The van der Waals surface area contributed by atoms with Gasteiger partial charge in [-0.3, -0.25) is 4.79 Å². The molecule has 0 aromatic carbocycles. The summed E-state index contributed by atoms with van der Waals surface area (Å²) in [4.78, 5) is 16.4. The molecule has 3 rings (SSSR count). The molecule has 0 radical (unpaired) electrons. The standard InChI is InChI=1S/C16H22N2O/c19-15-8-4-7-14-13(15)9-10-16(18-14)17-11-12-5-2-1-3-6-12/h9-10,12H,1-8,11H2,(H,17,18). The number of Topliss-reactive ketones (excluding diaryl/α,β-unsaturated/α-hetero) is 1. The molecule has 0 bridgehead atoms. The van der Waals surface area contributed by atoms with Crippen molar-refractivity contribution in [1.82, 2.24) is 4.98 Å². The van der Waals surface area contributed by atoms with Crippen LogP contribution in [0.3, 0.4) is 0 Å². The van der Waals surface area contributed by atoms with Gasteiger partial charge in [-0.1, -0.05) is 19.3 Å². The molecule has 0 saturated heterocycles. The Morgan fingerprint density at radius 1 is 1.11 bits per heavy atom. The van der Waals surface area contributed by atoms with Gasteiger partial charge in [0, 0.05) is 18.5 Å². The molecule has 3 nitrogen and oxygen atoms in total. The van der Waals surface area contributed by atoms with Crippen molar-refractivity contribution in [3.63, 3.8) is 0 Å². The van der Waals surface area contributed by atoms with Crippen LogP contribution in [0.4, 0.5) is 5.82 Å². The second-order valence-electron chi connectivity index (χ2n) is 5.85. The van der Waals surface area contributed by atoms with Gasteiger partial charge in [0.05, 0.1) is 5.69 Å². The number of rotatable bonds is 3. The molecule has 0 atom stereocenters. The van der Waals surface area contributed by atoms with Gasteiger partial charge in [-0.25, -0.2) is 4.98 Å². The highest BCUT2D eigenvalue weighted by atomic mass is 16.1. The number of carbonyl (C=O) groups is 1. The highest BCUT2D eigenvalue weighted by molar-refractivity contribution is 5.98. The lowest BCUT2D eigenvalue weighted by Crippen LogP contribution is -2.19. The van der Waals surface area contributed by atoms with Gasteiger partial charge >= 0.3 is 0 Å². The van der Waals surface area contributed by atoms with Crippen LogP contribution in [0.2, 0.25) is 0 Å². The summed E-state index contributed by atoms with van der Waals surface area (Å²) in [5, 5.41) is 3.46. The highest BCUT2D eigenvalue weighted by Crippen LogP contribution is 2.25. The van der Waals surface area contributed by atoms with Gasteiger partial charge in [0.2, 0.25) is 0 Å². The first-order chi connectivity index (χ1) is 9.33. The molecule has 1 heterocycles. The fourth-order valence-electron chi connectivity index (χ4n) is 3.24. The summed E-state index contributed by atoms with van der Waals surface area (Å²) in [6.07, 6.45) is 9.41. The van der Waals surface area contributed by atoms with Crippen LogP contribution in [0, 0.1) is 5.92 Å². The first kappa shape index (κ1) is 12.6. The third-order valence-corrected chi connectivity index (χ3v) is 4.39. The van der Waals surface area contributed by atoms with Gasteiger partial charge in [-0.15, -0.1) is 0 Å². The third kappa shape index (κ3) is 2.96. The summed E-state index contributed by atoms with van der Waals surface area (Å²) in [5.74, 6) is 2.00. The molecule has 2 aliphatic rings. The first-order valence-electron chi connectivity index (χ1n) is 7.60. The number of hydrogen-bond donors (Lipinski definition) is 1. The quantitative estimate of drug-likeness (QED) is 0.900. The minimum absolute atomic E-state index is 0.257. The van der Waals surface area contributed by atoms with Crippen molar-refractivity contribution >= 4 is 11.6 Å². The molecule has 1 saturated carbocycles. The number of nitrogens with zero attached hydrogens (tertiary/aromatic N) is 1. The highest BCUT2D eigenvalue weighted by Gasteiger charge is 2.19. The maximum Gasteiger partial charge on any atom is 0.164 e. The van der Waals surface area contributed by atoms with Gasteiger partial charge < -0.3 is 5.32 Å².